The lowest BCUT2D eigenvalue weighted by atomic mass is 10.2. The van der Waals surface area contributed by atoms with Crippen molar-refractivity contribution in [3.63, 3.8) is 0 Å². The molecule has 0 aliphatic carbocycles. The summed E-state index contributed by atoms with van der Waals surface area (Å²) in [4.78, 5) is 34.7. The number of carbonyl (C=O) groups excluding carboxylic acids is 3. The zero-order valence-corrected chi connectivity index (χ0v) is 13.7. The van der Waals surface area contributed by atoms with E-state index >= 15 is 0 Å². The van der Waals surface area contributed by atoms with Gasteiger partial charge in [-0.3, -0.25) is 14.4 Å². The highest BCUT2D eigenvalue weighted by molar-refractivity contribution is 5.94. The molecule has 0 spiro atoms. The van der Waals surface area contributed by atoms with Gasteiger partial charge in [-0.1, -0.05) is 32.0 Å². The van der Waals surface area contributed by atoms with E-state index in [4.69, 9.17) is 0 Å². The Morgan fingerprint density at radius 1 is 0.913 bits per heavy atom. The number of hydrogen-bond donors (Lipinski definition) is 3. The summed E-state index contributed by atoms with van der Waals surface area (Å²) in [5, 5.41) is 8.23. The third-order valence-electron chi connectivity index (χ3n) is 3.17. The van der Waals surface area contributed by atoms with Crippen molar-refractivity contribution in [1.82, 2.24) is 16.0 Å². The van der Waals surface area contributed by atoms with E-state index in [2.05, 4.69) is 16.0 Å². The van der Waals surface area contributed by atoms with Crippen molar-refractivity contribution in [2.45, 2.75) is 26.7 Å². The Labute approximate surface area is 137 Å². The number of carbonyl (C=O) groups is 3. The first kappa shape index (κ1) is 18.7. The minimum Gasteiger partial charge on any atom is -0.354 e. The molecule has 6 nitrogen and oxygen atoms in total. The maximum atomic E-state index is 11.8. The predicted molar refractivity (Wildman–Crippen MR) is 88.9 cm³/mol. The summed E-state index contributed by atoms with van der Waals surface area (Å²) in [6.07, 6.45) is 0.913. The fraction of sp³-hybridized carbons (Fsp3) is 0.471. The zero-order valence-electron chi connectivity index (χ0n) is 13.7. The van der Waals surface area contributed by atoms with E-state index in [9.17, 15) is 14.4 Å². The maximum absolute atomic E-state index is 11.8. The summed E-state index contributed by atoms with van der Waals surface area (Å²) < 4.78 is 0. The zero-order chi connectivity index (χ0) is 17.1. The van der Waals surface area contributed by atoms with Gasteiger partial charge in [-0.05, 0) is 18.6 Å². The second-order valence-electron chi connectivity index (χ2n) is 5.52. The van der Waals surface area contributed by atoms with E-state index in [0.29, 0.717) is 38.0 Å². The molecule has 0 heterocycles. The Bertz CT molecular complexity index is 515. The molecular weight excluding hydrogens is 294 g/mol. The minimum atomic E-state index is -0.137. The Morgan fingerprint density at radius 2 is 1.57 bits per heavy atom. The van der Waals surface area contributed by atoms with Gasteiger partial charge in [-0.15, -0.1) is 0 Å². The first-order valence-electron chi connectivity index (χ1n) is 7.88. The van der Waals surface area contributed by atoms with Crippen LogP contribution in [0.2, 0.25) is 0 Å². The summed E-state index contributed by atoms with van der Waals surface area (Å²) in [6.45, 7) is 4.92. The van der Waals surface area contributed by atoms with Gasteiger partial charge in [0.1, 0.15) is 0 Å². The van der Waals surface area contributed by atoms with Crippen LogP contribution in [0.5, 0.6) is 0 Å². The van der Waals surface area contributed by atoms with Gasteiger partial charge < -0.3 is 16.0 Å². The molecule has 1 aromatic carbocycles. The van der Waals surface area contributed by atoms with Gasteiger partial charge in [0.15, 0.2) is 0 Å². The van der Waals surface area contributed by atoms with E-state index in [1.165, 1.54) is 0 Å². The van der Waals surface area contributed by atoms with Gasteiger partial charge in [0.25, 0.3) is 5.91 Å². The van der Waals surface area contributed by atoms with E-state index in [-0.39, 0.29) is 23.6 Å². The van der Waals surface area contributed by atoms with Gasteiger partial charge in [0.05, 0.1) is 0 Å². The smallest absolute Gasteiger partial charge is 0.251 e. The lowest BCUT2D eigenvalue weighted by Crippen LogP contribution is -2.36. The molecule has 0 saturated heterocycles. The van der Waals surface area contributed by atoms with Gasteiger partial charge >= 0.3 is 0 Å². The maximum Gasteiger partial charge on any atom is 0.251 e. The Hall–Kier alpha value is -2.37. The minimum absolute atomic E-state index is 0.0251. The molecule has 0 radical (unpaired) electrons. The third kappa shape index (κ3) is 7.99. The van der Waals surface area contributed by atoms with Gasteiger partial charge in [0, 0.05) is 37.5 Å². The molecular formula is C17H25N3O3. The summed E-state index contributed by atoms with van der Waals surface area (Å²) >= 11 is 0. The number of benzene rings is 1. The van der Waals surface area contributed by atoms with Crippen molar-refractivity contribution in [2.75, 3.05) is 19.6 Å². The molecule has 1 aromatic rings. The number of rotatable bonds is 9. The van der Waals surface area contributed by atoms with Crippen LogP contribution in [0.25, 0.3) is 0 Å². The van der Waals surface area contributed by atoms with Crippen molar-refractivity contribution in [3.8, 4) is 0 Å². The molecule has 23 heavy (non-hydrogen) atoms. The van der Waals surface area contributed by atoms with Crippen LogP contribution in [0.3, 0.4) is 0 Å². The summed E-state index contributed by atoms with van der Waals surface area (Å²) in [5.41, 5.74) is 0.609. The lowest BCUT2D eigenvalue weighted by Gasteiger charge is -2.09. The number of nitrogens with one attached hydrogen (secondary N) is 3. The molecule has 0 fully saturated rings. The quantitative estimate of drug-likeness (QED) is 0.595. The normalized spacial score (nSPS) is 10.2. The average Bonchev–Trinajstić information content (AvgIpc) is 2.55. The van der Waals surface area contributed by atoms with E-state index in [1.807, 2.05) is 19.9 Å². The van der Waals surface area contributed by atoms with E-state index < -0.39 is 0 Å². The van der Waals surface area contributed by atoms with Crippen molar-refractivity contribution >= 4 is 17.7 Å². The molecule has 0 aromatic heterocycles. The van der Waals surface area contributed by atoms with Crippen molar-refractivity contribution in [1.29, 1.82) is 0 Å². The topological polar surface area (TPSA) is 87.3 Å². The van der Waals surface area contributed by atoms with Gasteiger partial charge in [0.2, 0.25) is 11.8 Å². The fourth-order valence-corrected chi connectivity index (χ4v) is 1.82. The molecule has 3 N–H and O–H groups in total. The molecule has 0 unspecified atom stereocenters. The fourth-order valence-electron chi connectivity index (χ4n) is 1.82. The Kier molecular flexibility index (Phi) is 8.42. The SMILES string of the molecule is CC(C)C(=O)NCCNC(=O)CCCNC(=O)c1ccccc1. The first-order chi connectivity index (χ1) is 11.0. The summed E-state index contributed by atoms with van der Waals surface area (Å²) in [5.74, 6) is -0.304. The molecule has 1 rings (SSSR count). The molecule has 6 heteroatoms. The monoisotopic (exact) mass is 319 g/mol. The standard InChI is InChI=1S/C17H25N3O3/c1-13(2)16(22)20-12-11-18-15(21)9-6-10-19-17(23)14-7-4-3-5-8-14/h3-5,7-8,13H,6,9-12H2,1-2H3,(H,18,21)(H,19,23)(H,20,22). The molecule has 126 valence electrons. The van der Waals surface area contributed by atoms with Crippen molar-refractivity contribution in [2.24, 2.45) is 5.92 Å². The largest absolute Gasteiger partial charge is 0.354 e. The number of hydrogen-bond acceptors (Lipinski definition) is 3. The summed E-state index contributed by atoms with van der Waals surface area (Å²) in [6, 6.07) is 8.95. The van der Waals surface area contributed by atoms with Crippen LogP contribution in [-0.4, -0.2) is 37.4 Å². The first-order valence-corrected chi connectivity index (χ1v) is 7.88. The van der Waals surface area contributed by atoms with E-state index in [0.717, 1.165) is 0 Å². The highest BCUT2D eigenvalue weighted by atomic mass is 16.2. The van der Waals surface area contributed by atoms with Gasteiger partial charge in [-0.2, -0.15) is 0 Å². The highest BCUT2D eigenvalue weighted by Crippen LogP contribution is 1.98. The van der Waals surface area contributed by atoms with Crippen LogP contribution < -0.4 is 16.0 Å². The summed E-state index contributed by atoms with van der Waals surface area (Å²) in [7, 11) is 0. The molecule has 0 atom stereocenters. The van der Waals surface area contributed by atoms with Gasteiger partial charge in [-0.25, -0.2) is 0 Å². The molecule has 0 aliphatic heterocycles. The molecule has 0 saturated carbocycles. The second-order valence-corrected chi connectivity index (χ2v) is 5.52. The second kappa shape index (κ2) is 10.4. The van der Waals surface area contributed by atoms with Crippen LogP contribution in [0, 0.1) is 5.92 Å². The van der Waals surface area contributed by atoms with Crippen molar-refractivity contribution < 1.29 is 14.4 Å². The lowest BCUT2D eigenvalue weighted by molar-refractivity contribution is -0.124. The Morgan fingerprint density at radius 3 is 2.22 bits per heavy atom. The van der Waals surface area contributed by atoms with Crippen molar-refractivity contribution in [3.05, 3.63) is 35.9 Å². The highest BCUT2D eigenvalue weighted by Gasteiger charge is 2.06. The third-order valence-corrected chi connectivity index (χ3v) is 3.17. The Balaban J connectivity index is 2.06. The molecule has 0 aliphatic rings. The van der Waals surface area contributed by atoms with Crippen LogP contribution >= 0.6 is 0 Å². The number of amides is 3. The van der Waals surface area contributed by atoms with Crippen LogP contribution in [0.4, 0.5) is 0 Å². The average molecular weight is 319 g/mol. The van der Waals surface area contributed by atoms with E-state index in [1.54, 1.807) is 24.3 Å². The molecule has 3 amide bonds. The van der Waals surface area contributed by atoms with Crippen LogP contribution in [-0.2, 0) is 9.59 Å². The van der Waals surface area contributed by atoms with Crippen LogP contribution in [0.15, 0.2) is 30.3 Å². The predicted octanol–water partition coefficient (Wildman–Crippen LogP) is 1.08. The van der Waals surface area contributed by atoms with Crippen LogP contribution in [0.1, 0.15) is 37.0 Å². The molecule has 0 bridgehead atoms.